The second-order valence-corrected chi connectivity index (χ2v) is 6.72. The van der Waals surface area contributed by atoms with Crippen molar-refractivity contribution in [2.75, 3.05) is 20.2 Å². The van der Waals surface area contributed by atoms with Crippen molar-refractivity contribution in [1.29, 1.82) is 0 Å². The molecule has 0 aliphatic heterocycles. The van der Waals surface area contributed by atoms with Crippen molar-refractivity contribution in [3.8, 4) is 5.75 Å². The normalized spacial score (nSPS) is 15.7. The molecule has 25 heavy (non-hydrogen) atoms. The summed E-state index contributed by atoms with van der Waals surface area (Å²) in [5.41, 5.74) is 3.73. The summed E-state index contributed by atoms with van der Waals surface area (Å²) in [5.74, 6) is 1.09. The van der Waals surface area contributed by atoms with Crippen LogP contribution in [0.4, 0.5) is 0 Å². The molecule has 1 unspecified atom stereocenters. The third-order valence-corrected chi connectivity index (χ3v) is 5.05. The third-order valence-electron chi connectivity index (χ3n) is 5.05. The third kappa shape index (κ3) is 4.04. The first-order chi connectivity index (χ1) is 12.2. The summed E-state index contributed by atoms with van der Waals surface area (Å²) in [6.45, 7) is 3.74. The SMILES string of the molecule is CCCN(CCc1ccccc1)C(=O)C1CCc2ccc(OC)cc21. The first kappa shape index (κ1) is 17.5. The largest absolute Gasteiger partial charge is 0.497 e. The van der Waals surface area contributed by atoms with Crippen LogP contribution in [-0.4, -0.2) is 31.0 Å². The zero-order valence-electron chi connectivity index (χ0n) is 15.2. The molecule has 1 aliphatic carbocycles. The molecule has 0 fully saturated rings. The van der Waals surface area contributed by atoms with Crippen LogP contribution in [0.3, 0.4) is 0 Å². The van der Waals surface area contributed by atoms with Crippen molar-refractivity contribution in [3.05, 3.63) is 65.2 Å². The van der Waals surface area contributed by atoms with Crippen molar-refractivity contribution >= 4 is 5.91 Å². The van der Waals surface area contributed by atoms with Crippen LogP contribution < -0.4 is 4.74 Å². The first-order valence-electron chi connectivity index (χ1n) is 9.22. The number of carbonyl (C=O) groups excluding carboxylic acids is 1. The van der Waals surface area contributed by atoms with E-state index in [2.05, 4.69) is 37.3 Å². The van der Waals surface area contributed by atoms with Gasteiger partial charge >= 0.3 is 0 Å². The molecule has 0 aromatic heterocycles. The van der Waals surface area contributed by atoms with E-state index in [-0.39, 0.29) is 11.8 Å². The Hall–Kier alpha value is -2.29. The number of hydrogen-bond acceptors (Lipinski definition) is 2. The molecule has 0 N–H and O–H groups in total. The van der Waals surface area contributed by atoms with Crippen LogP contribution in [0.25, 0.3) is 0 Å². The van der Waals surface area contributed by atoms with E-state index in [1.807, 2.05) is 23.1 Å². The van der Waals surface area contributed by atoms with E-state index < -0.39 is 0 Å². The predicted molar refractivity (Wildman–Crippen MR) is 101 cm³/mol. The van der Waals surface area contributed by atoms with Crippen LogP contribution in [0.1, 0.15) is 42.4 Å². The van der Waals surface area contributed by atoms with Gasteiger partial charge in [-0.05, 0) is 54.5 Å². The van der Waals surface area contributed by atoms with E-state index >= 15 is 0 Å². The number of rotatable bonds is 7. The van der Waals surface area contributed by atoms with Crippen molar-refractivity contribution in [3.63, 3.8) is 0 Å². The second kappa shape index (κ2) is 8.19. The van der Waals surface area contributed by atoms with E-state index in [0.29, 0.717) is 0 Å². The molecule has 3 rings (SSSR count). The highest BCUT2D eigenvalue weighted by atomic mass is 16.5. The molecule has 0 heterocycles. The van der Waals surface area contributed by atoms with Crippen molar-refractivity contribution in [2.45, 2.75) is 38.5 Å². The van der Waals surface area contributed by atoms with Gasteiger partial charge in [0.2, 0.25) is 5.91 Å². The van der Waals surface area contributed by atoms with Gasteiger partial charge in [-0.1, -0.05) is 43.3 Å². The fourth-order valence-electron chi connectivity index (χ4n) is 3.70. The number of carbonyl (C=O) groups is 1. The topological polar surface area (TPSA) is 29.5 Å². The predicted octanol–water partition coefficient (Wildman–Crippen LogP) is 4.21. The number of amides is 1. The molecule has 0 bridgehead atoms. The van der Waals surface area contributed by atoms with Gasteiger partial charge in [-0.25, -0.2) is 0 Å². The minimum atomic E-state index is -0.0209. The number of benzene rings is 2. The number of hydrogen-bond donors (Lipinski definition) is 0. The standard InChI is InChI=1S/C22H27NO2/c1-3-14-23(15-13-17-7-5-4-6-8-17)22(24)20-12-10-18-9-11-19(25-2)16-21(18)20/h4-9,11,16,20H,3,10,12-15H2,1-2H3. The van der Waals surface area contributed by atoms with Gasteiger partial charge in [0.25, 0.3) is 0 Å². The summed E-state index contributed by atoms with van der Waals surface area (Å²) in [4.78, 5) is 15.3. The summed E-state index contributed by atoms with van der Waals surface area (Å²) < 4.78 is 5.36. The number of nitrogens with zero attached hydrogens (tertiary/aromatic N) is 1. The highest BCUT2D eigenvalue weighted by Gasteiger charge is 2.31. The summed E-state index contributed by atoms with van der Waals surface area (Å²) in [5, 5.41) is 0. The van der Waals surface area contributed by atoms with Crippen LogP contribution in [0.15, 0.2) is 48.5 Å². The molecular formula is C22H27NO2. The second-order valence-electron chi connectivity index (χ2n) is 6.72. The molecule has 0 saturated carbocycles. The molecule has 1 amide bonds. The van der Waals surface area contributed by atoms with Gasteiger partial charge in [0, 0.05) is 13.1 Å². The maximum atomic E-state index is 13.2. The molecule has 3 heteroatoms. The summed E-state index contributed by atoms with van der Waals surface area (Å²) in [7, 11) is 1.68. The zero-order valence-corrected chi connectivity index (χ0v) is 15.2. The van der Waals surface area contributed by atoms with E-state index in [4.69, 9.17) is 4.74 Å². The van der Waals surface area contributed by atoms with Crippen LogP contribution in [0.5, 0.6) is 5.75 Å². The smallest absolute Gasteiger partial charge is 0.230 e. The van der Waals surface area contributed by atoms with E-state index in [1.165, 1.54) is 11.1 Å². The van der Waals surface area contributed by atoms with Gasteiger partial charge < -0.3 is 9.64 Å². The molecule has 0 radical (unpaired) electrons. The lowest BCUT2D eigenvalue weighted by molar-refractivity contribution is -0.132. The molecule has 3 nitrogen and oxygen atoms in total. The Bertz CT molecular complexity index is 711. The lowest BCUT2D eigenvalue weighted by atomic mass is 9.99. The quantitative estimate of drug-likeness (QED) is 0.757. The Morgan fingerprint density at radius 1 is 1.16 bits per heavy atom. The molecular weight excluding hydrogens is 310 g/mol. The lowest BCUT2D eigenvalue weighted by Crippen LogP contribution is -2.36. The van der Waals surface area contributed by atoms with Gasteiger partial charge in [-0.15, -0.1) is 0 Å². The maximum Gasteiger partial charge on any atom is 0.230 e. The fourth-order valence-corrected chi connectivity index (χ4v) is 3.70. The van der Waals surface area contributed by atoms with E-state index in [0.717, 1.165) is 50.1 Å². The lowest BCUT2D eigenvalue weighted by Gasteiger charge is -2.26. The average Bonchev–Trinajstić information content (AvgIpc) is 3.08. The van der Waals surface area contributed by atoms with Crippen molar-refractivity contribution in [2.24, 2.45) is 0 Å². The Balaban J connectivity index is 1.73. The van der Waals surface area contributed by atoms with Crippen LogP contribution in [0, 0.1) is 0 Å². The number of aryl methyl sites for hydroxylation is 1. The zero-order chi connectivity index (χ0) is 17.6. The summed E-state index contributed by atoms with van der Waals surface area (Å²) in [6, 6.07) is 16.5. The maximum absolute atomic E-state index is 13.2. The molecule has 2 aromatic rings. The molecule has 1 aliphatic rings. The highest BCUT2D eigenvalue weighted by molar-refractivity contribution is 5.85. The number of methoxy groups -OCH3 is 1. The van der Waals surface area contributed by atoms with Gasteiger partial charge in [0.1, 0.15) is 5.75 Å². The van der Waals surface area contributed by atoms with Crippen LogP contribution in [0.2, 0.25) is 0 Å². The molecule has 0 saturated heterocycles. The molecule has 1 atom stereocenters. The van der Waals surface area contributed by atoms with Crippen LogP contribution >= 0.6 is 0 Å². The Morgan fingerprint density at radius 2 is 1.96 bits per heavy atom. The Morgan fingerprint density at radius 3 is 2.68 bits per heavy atom. The van der Waals surface area contributed by atoms with Gasteiger partial charge in [0.05, 0.1) is 13.0 Å². The minimum Gasteiger partial charge on any atom is -0.497 e. The average molecular weight is 337 g/mol. The molecule has 2 aromatic carbocycles. The summed E-state index contributed by atoms with van der Waals surface area (Å²) in [6.07, 6.45) is 3.78. The molecule has 0 spiro atoms. The van der Waals surface area contributed by atoms with Gasteiger partial charge in [-0.2, -0.15) is 0 Å². The van der Waals surface area contributed by atoms with Gasteiger partial charge in [-0.3, -0.25) is 4.79 Å². The monoisotopic (exact) mass is 337 g/mol. The van der Waals surface area contributed by atoms with Crippen molar-refractivity contribution < 1.29 is 9.53 Å². The Labute approximate surface area is 150 Å². The van der Waals surface area contributed by atoms with E-state index in [1.54, 1.807) is 7.11 Å². The van der Waals surface area contributed by atoms with Crippen LogP contribution in [-0.2, 0) is 17.6 Å². The Kier molecular flexibility index (Phi) is 5.75. The van der Waals surface area contributed by atoms with E-state index in [9.17, 15) is 4.79 Å². The van der Waals surface area contributed by atoms with Crippen molar-refractivity contribution in [1.82, 2.24) is 4.90 Å². The first-order valence-corrected chi connectivity index (χ1v) is 9.22. The highest BCUT2D eigenvalue weighted by Crippen LogP contribution is 2.36. The van der Waals surface area contributed by atoms with Gasteiger partial charge in [0.15, 0.2) is 0 Å². The summed E-state index contributed by atoms with van der Waals surface area (Å²) >= 11 is 0. The number of fused-ring (bicyclic) bond motifs is 1. The molecule has 132 valence electrons. The minimum absolute atomic E-state index is 0.0209. The fraction of sp³-hybridized carbons (Fsp3) is 0.409. The number of ether oxygens (including phenoxy) is 1.